The van der Waals surface area contributed by atoms with E-state index >= 15 is 0 Å². The summed E-state index contributed by atoms with van der Waals surface area (Å²) in [5.74, 6) is -3.70. The number of benzene rings is 5. The minimum atomic E-state index is -2.01. The Morgan fingerprint density at radius 1 is 0.545 bits per heavy atom. The number of azide groups is 2. The van der Waals surface area contributed by atoms with Gasteiger partial charge in [0.2, 0.25) is 0 Å². The molecule has 3 fully saturated rings. The molecule has 77 heavy (non-hydrogen) atoms. The van der Waals surface area contributed by atoms with Crippen LogP contribution in [0.4, 0.5) is 0 Å². The Morgan fingerprint density at radius 3 is 1.49 bits per heavy atom. The van der Waals surface area contributed by atoms with Gasteiger partial charge in [-0.2, -0.15) is 0 Å². The van der Waals surface area contributed by atoms with E-state index in [0.717, 1.165) is 11.1 Å². The van der Waals surface area contributed by atoms with Crippen LogP contribution < -0.4 is 0 Å². The van der Waals surface area contributed by atoms with Crippen molar-refractivity contribution in [2.45, 2.75) is 126 Å². The largest absolute Gasteiger partial charge is 0.479 e. The summed E-state index contributed by atoms with van der Waals surface area (Å²) < 4.78 is 70.8. The summed E-state index contributed by atoms with van der Waals surface area (Å²) in [6, 6.07) is 41.3. The third-order valence-electron chi connectivity index (χ3n) is 13.5. The number of carbonyl (C=O) groups is 3. The molecule has 3 heterocycles. The minimum Gasteiger partial charge on any atom is -0.479 e. The number of carboxylic acids is 1. The second-order valence-corrected chi connectivity index (χ2v) is 18.4. The van der Waals surface area contributed by atoms with Gasteiger partial charge in [-0.15, -0.1) is 0 Å². The molecule has 21 nitrogen and oxygen atoms in total. The zero-order valence-corrected chi connectivity index (χ0v) is 42.5. The fourth-order valence-corrected chi connectivity index (χ4v) is 9.51. The maximum Gasteiger partial charge on any atom is 0.338 e. The molecule has 0 saturated carbocycles. The Balaban J connectivity index is 1.21. The van der Waals surface area contributed by atoms with Crippen molar-refractivity contribution in [3.8, 4) is 0 Å². The quantitative estimate of drug-likeness (QED) is 0.0277. The maximum atomic E-state index is 14.4. The standard InChI is InChI=1S/C56H60N6O15/c1-4-40-45(46(43(60-62-58)54(67-3)72-40)69-31-36-22-12-6-13-23-36)75-56-50(74-53(66)39-28-18-9-19-29-39)47(70-32-37-24-14-7-15-25-37)48(49(77-56)51(63)64)76-55-42(59-61-57)44(68-30-35-20-10-5-11-21-35)34(2)41(73-55)33-71-52(65)38-26-16-8-17-27-38/h5-29,34,40-50,54-56H,4,30-33H2,1-3H3,(H,63,64)/t34?,40?,41?,42-,43-,44+,45?,46+,47?,48-,49+,50?,54?,55?,56+/m0/s1. The first-order valence-electron chi connectivity index (χ1n) is 25.2. The SMILES string of the molecule is CCC1OC(OC)[C@@H](N=[N+]=[N-])[C@@H](OCc2ccccc2)C1O[C@@H]1O[C@@H](C(=O)O)[C@@H](OC2OC(COC(=O)c3ccccc3)C(C)[C@@H](OCc3ccccc3)[C@@H]2N=[N+]=[N-])C(OCc2ccccc2)C1OC(=O)c1ccccc1. The second-order valence-electron chi connectivity index (χ2n) is 18.4. The average Bonchev–Trinajstić information content (AvgIpc) is 3.48. The molecule has 15 atom stereocenters. The van der Waals surface area contributed by atoms with Crippen LogP contribution in [0, 0.1) is 5.92 Å². The first kappa shape index (κ1) is 56.0. The Kier molecular flexibility index (Phi) is 20.1. The molecule has 0 radical (unpaired) electrons. The lowest BCUT2D eigenvalue weighted by molar-refractivity contribution is -0.364. The van der Waals surface area contributed by atoms with Crippen LogP contribution in [0.25, 0.3) is 20.9 Å². The lowest BCUT2D eigenvalue weighted by Gasteiger charge is -2.50. The van der Waals surface area contributed by atoms with E-state index in [2.05, 4.69) is 20.1 Å². The van der Waals surface area contributed by atoms with Gasteiger partial charge in [-0.25, -0.2) is 14.4 Å². The van der Waals surface area contributed by atoms with E-state index in [4.69, 9.17) is 52.1 Å². The molecular formula is C56H60N6O15. The van der Waals surface area contributed by atoms with Crippen LogP contribution in [-0.2, 0) is 76.7 Å². The number of nitrogens with zero attached hydrogens (tertiary/aromatic N) is 6. The highest BCUT2D eigenvalue weighted by molar-refractivity contribution is 5.90. The fraction of sp³-hybridized carbons (Fsp3) is 0.411. The van der Waals surface area contributed by atoms with Crippen LogP contribution in [0.5, 0.6) is 0 Å². The molecular weight excluding hydrogens is 997 g/mol. The molecule has 3 aliphatic rings. The van der Waals surface area contributed by atoms with Gasteiger partial charge in [-0.1, -0.05) is 151 Å². The summed E-state index contributed by atoms with van der Waals surface area (Å²) >= 11 is 0. The molecule has 5 aromatic carbocycles. The smallest absolute Gasteiger partial charge is 0.338 e. The van der Waals surface area contributed by atoms with Crippen LogP contribution in [0.1, 0.15) is 57.7 Å². The lowest BCUT2D eigenvalue weighted by Crippen LogP contribution is -2.67. The zero-order valence-electron chi connectivity index (χ0n) is 42.5. The molecule has 0 aromatic heterocycles. The molecule has 3 aliphatic heterocycles. The lowest BCUT2D eigenvalue weighted by atomic mass is 9.89. The Hall–Kier alpha value is -7.23. The van der Waals surface area contributed by atoms with Gasteiger partial charge in [0.1, 0.15) is 43.1 Å². The molecule has 404 valence electrons. The van der Waals surface area contributed by atoms with Crippen molar-refractivity contribution < 1.29 is 71.6 Å². The van der Waals surface area contributed by atoms with Crippen molar-refractivity contribution in [2.24, 2.45) is 16.1 Å². The van der Waals surface area contributed by atoms with Gasteiger partial charge in [0.05, 0.1) is 49.3 Å². The average molecular weight is 1060 g/mol. The molecule has 1 N–H and O–H groups in total. The highest BCUT2D eigenvalue weighted by Gasteiger charge is 2.58. The van der Waals surface area contributed by atoms with Crippen LogP contribution in [0.15, 0.2) is 162 Å². The summed E-state index contributed by atoms with van der Waals surface area (Å²) in [6.45, 7) is 3.14. The van der Waals surface area contributed by atoms with E-state index in [1.54, 1.807) is 79.7 Å². The minimum absolute atomic E-state index is 0.0129. The number of carboxylic acid groups (broad SMARTS) is 1. The van der Waals surface area contributed by atoms with Crippen LogP contribution in [-0.4, -0.2) is 123 Å². The summed E-state index contributed by atoms with van der Waals surface area (Å²) in [4.78, 5) is 47.9. The van der Waals surface area contributed by atoms with Crippen molar-refractivity contribution in [1.82, 2.24) is 0 Å². The van der Waals surface area contributed by atoms with E-state index in [1.165, 1.54) is 19.2 Å². The van der Waals surface area contributed by atoms with Gasteiger partial charge in [0, 0.05) is 22.9 Å². The molecule has 0 bridgehead atoms. The Labute approximate surface area is 444 Å². The predicted molar refractivity (Wildman–Crippen MR) is 273 cm³/mol. The van der Waals surface area contributed by atoms with Gasteiger partial charge < -0.3 is 57.2 Å². The third kappa shape index (κ3) is 14.2. The Morgan fingerprint density at radius 2 is 1.00 bits per heavy atom. The molecule has 0 amide bonds. The number of hydrogen-bond acceptors (Lipinski definition) is 16. The Bertz CT molecular complexity index is 2760. The van der Waals surface area contributed by atoms with Crippen molar-refractivity contribution in [3.63, 3.8) is 0 Å². The number of methoxy groups -OCH3 is 1. The number of carbonyl (C=O) groups excluding carboxylic acids is 2. The van der Waals surface area contributed by atoms with Crippen molar-refractivity contribution in [2.75, 3.05) is 13.7 Å². The number of aliphatic carboxylic acids is 1. The summed E-state index contributed by atoms with van der Waals surface area (Å²) in [5, 5.41) is 19.4. The highest BCUT2D eigenvalue weighted by Crippen LogP contribution is 2.39. The molecule has 5 aromatic rings. The van der Waals surface area contributed by atoms with Gasteiger partial charge in [0.15, 0.2) is 31.1 Å². The van der Waals surface area contributed by atoms with Gasteiger partial charge >= 0.3 is 17.9 Å². The third-order valence-corrected chi connectivity index (χ3v) is 13.5. The molecule has 8 rings (SSSR count). The topological polar surface area (TPSA) is 270 Å². The van der Waals surface area contributed by atoms with Gasteiger partial charge in [-0.05, 0) is 58.4 Å². The van der Waals surface area contributed by atoms with Gasteiger partial charge in [0.25, 0.3) is 0 Å². The van der Waals surface area contributed by atoms with E-state index in [9.17, 15) is 30.6 Å². The first-order valence-corrected chi connectivity index (χ1v) is 25.2. The first-order chi connectivity index (χ1) is 37.6. The van der Waals surface area contributed by atoms with Crippen molar-refractivity contribution in [1.29, 1.82) is 0 Å². The molecule has 0 spiro atoms. The number of ether oxygens (including phenoxy) is 11. The summed E-state index contributed by atoms with van der Waals surface area (Å²) in [6.07, 6.45) is -16.5. The predicted octanol–water partition coefficient (Wildman–Crippen LogP) is 8.91. The van der Waals surface area contributed by atoms with Gasteiger partial charge in [-0.3, -0.25) is 0 Å². The van der Waals surface area contributed by atoms with Crippen molar-refractivity contribution in [3.05, 3.63) is 200 Å². The van der Waals surface area contributed by atoms with E-state index in [1.807, 2.05) is 73.7 Å². The van der Waals surface area contributed by atoms with E-state index in [-0.39, 0.29) is 44.0 Å². The van der Waals surface area contributed by atoms with Crippen LogP contribution in [0.2, 0.25) is 0 Å². The molecule has 8 unspecified atom stereocenters. The maximum absolute atomic E-state index is 14.4. The van der Waals surface area contributed by atoms with Crippen molar-refractivity contribution >= 4 is 17.9 Å². The van der Waals surface area contributed by atoms with E-state index in [0.29, 0.717) is 5.56 Å². The van der Waals surface area contributed by atoms with Crippen LogP contribution >= 0.6 is 0 Å². The number of esters is 2. The number of rotatable bonds is 23. The second kappa shape index (κ2) is 27.7. The fourth-order valence-electron chi connectivity index (χ4n) is 9.51. The molecule has 21 heteroatoms. The molecule has 3 saturated heterocycles. The zero-order chi connectivity index (χ0) is 54.1. The summed E-state index contributed by atoms with van der Waals surface area (Å²) in [7, 11) is 1.39. The van der Waals surface area contributed by atoms with Crippen LogP contribution in [0.3, 0.4) is 0 Å². The normalized spacial score (nSPS) is 28.9. The number of hydrogen-bond donors (Lipinski definition) is 1. The molecule has 0 aliphatic carbocycles. The highest BCUT2D eigenvalue weighted by atomic mass is 16.8. The monoisotopic (exact) mass is 1060 g/mol. The summed E-state index contributed by atoms with van der Waals surface area (Å²) in [5.41, 5.74) is 22.6. The van der Waals surface area contributed by atoms with E-state index < -0.39 is 110 Å².